The maximum absolute atomic E-state index is 12.1. The fraction of sp³-hybridized carbons (Fsp3) is 0.333. The van der Waals surface area contributed by atoms with E-state index in [-0.39, 0.29) is 5.91 Å². The van der Waals surface area contributed by atoms with Crippen LogP contribution in [-0.2, 0) is 6.42 Å². The Hall–Kier alpha value is -2.08. The number of amides is 1. The summed E-state index contributed by atoms with van der Waals surface area (Å²) < 4.78 is 5.30. The first kappa shape index (κ1) is 15.3. The van der Waals surface area contributed by atoms with Crippen LogP contribution < -0.4 is 15.4 Å². The summed E-state index contributed by atoms with van der Waals surface area (Å²) in [6.07, 6.45) is 0.729. The van der Waals surface area contributed by atoms with E-state index in [1.54, 1.807) is 14.2 Å². The van der Waals surface area contributed by atoms with Crippen LogP contribution in [0.2, 0.25) is 0 Å². The molecule has 0 radical (unpaired) electrons. The average Bonchev–Trinajstić information content (AvgIpc) is 2.89. The van der Waals surface area contributed by atoms with Crippen LogP contribution in [0.25, 0.3) is 0 Å². The molecule has 0 atom stereocenters. The molecule has 2 aromatic rings. The second-order valence-electron chi connectivity index (χ2n) is 4.50. The molecule has 0 aliphatic rings. The molecular weight excluding hydrogens is 286 g/mol. The van der Waals surface area contributed by atoms with Gasteiger partial charge in [-0.1, -0.05) is 29.5 Å². The van der Waals surface area contributed by atoms with Crippen LogP contribution in [0.1, 0.15) is 20.9 Å². The molecule has 0 fully saturated rings. The predicted molar refractivity (Wildman–Crippen MR) is 85.4 cm³/mol. The van der Waals surface area contributed by atoms with E-state index in [2.05, 4.69) is 15.6 Å². The molecule has 6 heteroatoms. The summed E-state index contributed by atoms with van der Waals surface area (Å²) in [5, 5.41) is 6.63. The molecule has 0 unspecified atom stereocenters. The number of aromatic nitrogens is 1. The first-order valence-electron chi connectivity index (χ1n) is 6.71. The summed E-state index contributed by atoms with van der Waals surface area (Å²) >= 11 is 1.36. The van der Waals surface area contributed by atoms with Gasteiger partial charge in [-0.25, -0.2) is 4.98 Å². The first-order chi connectivity index (χ1) is 10.2. The van der Waals surface area contributed by atoms with Crippen LogP contribution in [0, 0.1) is 6.92 Å². The minimum Gasteiger partial charge on any atom is -0.496 e. The number of hydrogen-bond acceptors (Lipinski definition) is 5. The van der Waals surface area contributed by atoms with Gasteiger partial charge in [-0.05, 0) is 25.0 Å². The maximum atomic E-state index is 12.1. The van der Waals surface area contributed by atoms with Crippen LogP contribution >= 0.6 is 11.3 Å². The summed E-state index contributed by atoms with van der Waals surface area (Å²) in [5.74, 6) is 0.764. The molecule has 1 aromatic carbocycles. The number of carbonyl (C=O) groups is 1. The van der Waals surface area contributed by atoms with Crippen LogP contribution in [-0.4, -0.2) is 31.6 Å². The van der Waals surface area contributed by atoms with Crippen molar-refractivity contribution in [2.45, 2.75) is 13.3 Å². The number of benzene rings is 1. The van der Waals surface area contributed by atoms with E-state index in [0.717, 1.165) is 28.6 Å². The van der Waals surface area contributed by atoms with Gasteiger partial charge in [-0.15, -0.1) is 0 Å². The lowest BCUT2D eigenvalue weighted by Gasteiger charge is -2.08. The largest absolute Gasteiger partial charge is 0.496 e. The zero-order chi connectivity index (χ0) is 15.2. The van der Waals surface area contributed by atoms with Gasteiger partial charge in [-0.2, -0.15) is 0 Å². The second kappa shape index (κ2) is 7.08. The molecule has 0 aliphatic heterocycles. The molecule has 2 N–H and O–H groups in total. The van der Waals surface area contributed by atoms with Crippen molar-refractivity contribution in [2.75, 3.05) is 26.0 Å². The lowest BCUT2D eigenvalue weighted by Crippen LogP contribution is -2.25. The summed E-state index contributed by atoms with van der Waals surface area (Å²) in [6.45, 7) is 2.40. The third-order valence-corrected chi connectivity index (χ3v) is 4.26. The Morgan fingerprint density at radius 3 is 2.81 bits per heavy atom. The van der Waals surface area contributed by atoms with Gasteiger partial charge in [0.1, 0.15) is 10.6 Å². The van der Waals surface area contributed by atoms with Crippen LogP contribution in [0.4, 0.5) is 5.13 Å². The van der Waals surface area contributed by atoms with Gasteiger partial charge in [0.05, 0.1) is 12.8 Å². The standard InChI is InChI=1S/C15H19N3O2S/c1-10-13(21-15(16-2)18-10)14(19)17-9-8-11-6-4-5-7-12(11)20-3/h4-7H,8-9H2,1-3H3,(H,16,18)(H,17,19). The first-order valence-corrected chi connectivity index (χ1v) is 7.52. The molecule has 5 nitrogen and oxygen atoms in total. The molecule has 0 bridgehead atoms. The van der Waals surface area contributed by atoms with Crippen LogP contribution in [0.3, 0.4) is 0 Å². The molecule has 21 heavy (non-hydrogen) atoms. The number of rotatable bonds is 6. The number of methoxy groups -OCH3 is 1. The van der Waals surface area contributed by atoms with Crippen molar-refractivity contribution < 1.29 is 9.53 Å². The van der Waals surface area contributed by atoms with Crippen molar-refractivity contribution in [3.63, 3.8) is 0 Å². The number of aryl methyl sites for hydroxylation is 1. The minimum absolute atomic E-state index is 0.0820. The van der Waals surface area contributed by atoms with Crippen molar-refractivity contribution in [3.05, 3.63) is 40.4 Å². The van der Waals surface area contributed by atoms with Gasteiger partial charge in [0.2, 0.25) is 0 Å². The minimum atomic E-state index is -0.0820. The number of carbonyl (C=O) groups excluding carboxylic acids is 1. The number of nitrogens with one attached hydrogen (secondary N) is 2. The van der Waals surface area contributed by atoms with E-state index in [0.29, 0.717) is 11.4 Å². The van der Waals surface area contributed by atoms with Crippen LogP contribution in [0.5, 0.6) is 5.75 Å². The normalized spacial score (nSPS) is 10.2. The van der Waals surface area contributed by atoms with Crippen molar-refractivity contribution in [3.8, 4) is 5.75 Å². The Morgan fingerprint density at radius 1 is 1.38 bits per heavy atom. The fourth-order valence-corrected chi connectivity index (χ4v) is 2.85. The number of nitrogens with zero attached hydrogens (tertiary/aromatic N) is 1. The highest BCUT2D eigenvalue weighted by molar-refractivity contribution is 7.17. The SMILES string of the molecule is CNc1nc(C)c(C(=O)NCCc2ccccc2OC)s1. The highest BCUT2D eigenvalue weighted by Gasteiger charge is 2.14. The van der Waals surface area contributed by atoms with E-state index in [1.807, 2.05) is 31.2 Å². The molecule has 2 rings (SSSR count). The molecule has 0 aliphatic carbocycles. The van der Waals surface area contributed by atoms with Crippen molar-refractivity contribution >= 4 is 22.4 Å². The Bertz CT molecular complexity index is 625. The third-order valence-electron chi connectivity index (χ3n) is 3.09. The van der Waals surface area contributed by atoms with Gasteiger partial charge >= 0.3 is 0 Å². The van der Waals surface area contributed by atoms with Gasteiger partial charge in [-0.3, -0.25) is 4.79 Å². The monoisotopic (exact) mass is 305 g/mol. The molecular formula is C15H19N3O2S. The predicted octanol–water partition coefficient (Wildman–Crippen LogP) is 2.47. The summed E-state index contributed by atoms with van der Waals surface area (Å²) in [5.41, 5.74) is 1.83. The van der Waals surface area contributed by atoms with Gasteiger partial charge in [0.25, 0.3) is 5.91 Å². The molecule has 1 aromatic heterocycles. The number of anilines is 1. The van der Waals surface area contributed by atoms with Crippen molar-refractivity contribution in [1.82, 2.24) is 10.3 Å². The Morgan fingerprint density at radius 2 is 2.14 bits per heavy atom. The lowest BCUT2D eigenvalue weighted by molar-refractivity contribution is 0.0957. The highest BCUT2D eigenvalue weighted by Crippen LogP contribution is 2.22. The number of thiazole rings is 1. The zero-order valence-electron chi connectivity index (χ0n) is 12.4. The summed E-state index contributed by atoms with van der Waals surface area (Å²) in [6, 6.07) is 7.82. The Balaban J connectivity index is 1.93. The fourth-order valence-electron chi connectivity index (χ4n) is 2.01. The van der Waals surface area contributed by atoms with Crippen LogP contribution in [0.15, 0.2) is 24.3 Å². The van der Waals surface area contributed by atoms with Crippen molar-refractivity contribution in [2.24, 2.45) is 0 Å². The van der Waals surface area contributed by atoms with E-state index in [4.69, 9.17) is 4.74 Å². The lowest BCUT2D eigenvalue weighted by atomic mass is 10.1. The molecule has 1 heterocycles. The molecule has 0 spiro atoms. The third kappa shape index (κ3) is 3.72. The number of hydrogen-bond donors (Lipinski definition) is 2. The molecule has 1 amide bonds. The summed E-state index contributed by atoms with van der Waals surface area (Å²) in [7, 11) is 3.44. The number of ether oxygens (including phenoxy) is 1. The van der Waals surface area contributed by atoms with Gasteiger partial charge < -0.3 is 15.4 Å². The topological polar surface area (TPSA) is 63.2 Å². The number of para-hydroxylation sites is 1. The van der Waals surface area contributed by atoms with Gasteiger partial charge in [0.15, 0.2) is 5.13 Å². The van der Waals surface area contributed by atoms with Gasteiger partial charge in [0, 0.05) is 13.6 Å². The van der Waals surface area contributed by atoms with E-state index >= 15 is 0 Å². The molecule has 0 saturated heterocycles. The Kier molecular flexibility index (Phi) is 5.16. The second-order valence-corrected chi connectivity index (χ2v) is 5.50. The smallest absolute Gasteiger partial charge is 0.263 e. The van der Waals surface area contributed by atoms with E-state index in [1.165, 1.54) is 11.3 Å². The molecule has 0 saturated carbocycles. The molecule has 112 valence electrons. The highest BCUT2D eigenvalue weighted by atomic mass is 32.1. The van der Waals surface area contributed by atoms with Crippen molar-refractivity contribution in [1.29, 1.82) is 0 Å². The van der Waals surface area contributed by atoms with E-state index in [9.17, 15) is 4.79 Å². The van der Waals surface area contributed by atoms with E-state index < -0.39 is 0 Å². The average molecular weight is 305 g/mol. The summed E-state index contributed by atoms with van der Waals surface area (Å²) in [4.78, 5) is 17.1. The quantitative estimate of drug-likeness (QED) is 0.860. The zero-order valence-corrected chi connectivity index (χ0v) is 13.2. The maximum Gasteiger partial charge on any atom is 0.263 e. The Labute approximate surface area is 128 Å².